The van der Waals surface area contributed by atoms with Gasteiger partial charge in [0.2, 0.25) is 0 Å². The Morgan fingerprint density at radius 2 is 1.71 bits per heavy atom. The highest BCUT2D eigenvalue weighted by molar-refractivity contribution is 5.76. The maximum Gasteiger partial charge on any atom is 0.128 e. The van der Waals surface area contributed by atoms with Gasteiger partial charge in [0.15, 0.2) is 0 Å². The molecule has 0 spiro atoms. The summed E-state index contributed by atoms with van der Waals surface area (Å²) in [5, 5.41) is 11.1. The predicted molar refractivity (Wildman–Crippen MR) is 123 cm³/mol. The van der Waals surface area contributed by atoms with Gasteiger partial charge in [0.1, 0.15) is 11.5 Å². The number of likely N-dealkylation sites (tertiary alicyclic amines) is 1. The lowest BCUT2D eigenvalue weighted by Crippen LogP contribution is -2.35. The topological polar surface area (TPSA) is 68.0 Å². The third-order valence-corrected chi connectivity index (χ3v) is 5.98. The Morgan fingerprint density at radius 3 is 2.48 bits per heavy atom. The molecule has 1 unspecified atom stereocenters. The van der Waals surface area contributed by atoms with Crippen molar-refractivity contribution in [2.24, 2.45) is 5.73 Å². The van der Waals surface area contributed by atoms with Gasteiger partial charge in [0, 0.05) is 42.4 Å². The molecule has 5 heteroatoms. The predicted octanol–water partition coefficient (Wildman–Crippen LogP) is 4.19. The molecule has 2 atom stereocenters. The van der Waals surface area contributed by atoms with Crippen LogP contribution in [0.3, 0.4) is 0 Å². The zero-order valence-corrected chi connectivity index (χ0v) is 17.9. The Labute approximate surface area is 184 Å². The highest BCUT2D eigenvalue weighted by Gasteiger charge is 2.32. The Kier molecular flexibility index (Phi) is 6.87. The van der Waals surface area contributed by atoms with Gasteiger partial charge in [0.05, 0.1) is 19.8 Å². The van der Waals surface area contributed by atoms with Crippen molar-refractivity contribution in [3.8, 4) is 22.6 Å². The summed E-state index contributed by atoms with van der Waals surface area (Å²) in [6, 6.07) is 24.1. The van der Waals surface area contributed by atoms with E-state index in [-0.39, 0.29) is 17.9 Å². The summed E-state index contributed by atoms with van der Waals surface area (Å²) in [6.07, 6.45) is 1.03. The number of nitrogens with two attached hydrogens (primary N) is 1. The van der Waals surface area contributed by atoms with Crippen molar-refractivity contribution in [2.45, 2.75) is 31.7 Å². The average Bonchev–Trinajstić information content (AvgIpc) is 3.21. The van der Waals surface area contributed by atoms with Crippen LogP contribution in [0.2, 0.25) is 0 Å². The first-order valence-electron chi connectivity index (χ1n) is 10.7. The lowest BCUT2D eigenvalue weighted by Gasteiger charge is -2.24. The summed E-state index contributed by atoms with van der Waals surface area (Å²) in [7, 11) is 1.64. The highest BCUT2D eigenvalue weighted by atomic mass is 16.5. The summed E-state index contributed by atoms with van der Waals surface area (Å²) in [4.78, 5) is 2.32. The lowest BCUT2D eigenvalue weighted by atomic mass is 10.00. The lowest BCUT2D eigenvalue weighted by molar-refractivity contribution is 0.0461. The van der Waals surface area contributed by atoms with E-state index in [0.29, 0.717) is 19.7 Å². The van der Waals surface area contributed by atoms with Gasteiger partial charge in [-0.1, -0.05) is 66.7 Å². The van der Waals surface area contributed by atoms with Crippen molar-refractivity contribution >= 4 is 0 Å². The largest absolute Gasteiger partial charge is 0.507 e. The number of hydrogen-bond acceptors (Lipinski definition) is 5. The summed E-state index contributed by atoms with van der Waals surface area (Å²) in [5.74, 6) is 1.03. The fraction of sp³-hybridized carbons (Fsp3) is 0.308. The quantitative estimate of drug-likeness (QED) is 0.574. The zero-order chi connectivity index (χ0) is 21.6. The van der Waals surface area contributed by atoms with E-state index in [1.807, 2.05) is 60.7 Å². The first kappa shape index (κ1) is 21.4. The molecule has 3 N–H and O–H groups in total. The second-order valence-corrected chi connectivity index (χ2v) is 7.99. The van der Waals surface area contributed by atoms with E-state index in [0.717, 1.165) is 35.4 Å². The number of rotatable bonds is 8. The van der Waals surface area contributed by atoms with Crippen molar-refractivity contribution in [3.63, 3.8) is 0 Å². The molecule has 0 aromatic heterocycles. The van der Waals surface area contributed by atoms with Crippen LogP contribution in [0.4, 0.5) is 0 Å². The van der Waals surface area contributed by atoms with Crippen molar-refractivity contribution in [1.82, 2.24) is 4.90 Å². The third-order valence-electron chi connectivity index (χ3n) is 5.98. The number of hydrogen-bond donors (Lipinski definition) is 2. The van der Waals surface area contributed by atoms with Gasteiger partial charge in [-0.05, 0) is 18.1 Å². The molecule has 5 nitrogen and oxygen atoms in total. The normalized spacial score (nSPS) is 18.9. The van der Waals surface area contributed by atoms with E-state index in [1.54, 1.807) is 7.11 Å². The summed E-state index contributed by atoms with van der Waals surface area (Å²) in [6.45, 7) is 2.60. The maximum absolute atomic E-state index is 11.1. The van der Waals surface area contributed by atoms with Gasteiger partial charge in [0.25, 0.3) is 0 Å². The summed E-state index contributed by atoms with van der Waals surface area (Å²) in [5.41, 5.74) is 9.77. The van der Waals surface area contributed by atoms with Crippen molar-refractivity contribution in [2.75, 3.05) is 20.2 Å². The Bertz CT molecular complexity index is 993. The molecule has 0 amide bonds. The first-order valence-corrected chi connectivity index (χ1v) is 10.7. The molecule has 162 valence electrons. The standard InChI is InChI=1S/C26H30N2O3/c1-30-25-13-6-5-11-23(25)24-12-7-10-20(26(24)29)16-28-17-22(14-21(28)15-27)31-18-19-8-3-2-4-9-19/h2-13,21-22,29H,14-18,27H2,1H3/t21-,22?/m0/s1. The molecule has 0 saturated carbocycles. The minimum atomic E-state index is 0.133. The molecule has 0 radical (unpaired) electrons. The van der Waals surface area contributed by atoms with Gasteiger partial charge in [-0.15, -0.1) is 0 Å². The minimum absolute atomic E-state index is 0.133. The molecule has 1 saturated heterocycles. The molecule has 1 heterocycles. The second kappa shape index (κ2) is 9.96. The van der Waals surface area contributed by atoms with E-state index < -0.39 is 0 Å². The van der Waals surface area contributed by atoms with Crippen LogP contribution in [-0.2, 0) is 17.9 Å². The van der Waals surface area contributed by atoms with Gasteiger partial charge >= 0.3 is 0 Å². The van der Waals surface area contributed by atoms with Gasteiger partial charge in [-0.2, -0.15) is 0 Å². The van der Waals surface area contributed by atoms with Crippen LogP contribution in [0.5, 0.6) is 11.5 Å². The van der Waals surface area contributed by atoms with E-state index in [9.17, 15) is 5.11 Å². The Hall–Kier alpha value is -2.86. The van der Waals surface area contributed by atoms with Crippen molar-refractivity contribution < 1.29 is 14.6 Å². The fourth-order valence-corrected chi connectivity index (χ4v) is 4.31. The molecule has 0 bridgehead atoms. The number of phenolic OH excluding ortho intramolecular Hbond substituents is 1. The van der Waals surface area contributed by atoms with Crippen LogP contribution < -0.4 is 10.5 Å². The molecule has 4 rings (SSSR count). The number of para-hydroxylation sites is 2. The number of benzene rings is 3. The van der Waals surface area contributed by atoms with Crippen LogP contribution in [0, 0.1) is 0 Å². The maximum atomic E-state index is 11.1. The number of methoxy groups -OCH3 is 1. The van der Waals surface area contributed by atoms with E-state index in [4.69, 9.17) is 15.2 Å². The molecule has 1 aliphatic heterocycles. The van der Waals surface area contributed by atoms with Crippen LogP contribution >= 0.6 is 0 Å². The van der Waals surface area contributed by atoms with Crippen LogP contribution in [0.1, 0.15) is 17.5 Å². The first-order chi connectivity index (χ1) is 15.2. The van der Waals surface area contributed by atoms with Crippen molar-refractivity contribution in [3.05, 3.63) is 83.9 Å². The third kappa shape index (κ3) is 4.90. The minimum Gasteiger partial charge on any atom is -0.507 e. The average molecular weight is 419 g/mol. The number of aromatic hydroxyl groups is 1. The van der Waals surface area contributed by atoms with Gasteiger partial charge < -0.3 is 20.3 Å². The highest BCUT2D eigenvalue weighted by Crippen LogP contribution is 2.38. The second-order valence-electron chi connectivity index (χ2n) is 7.99. The van der Waals surface area contributed by atoms with Crippen LogP contribution in [0.25, 0.3) is 11.1 Å². The molecular weight excluding hydrogens is 388 g/mol. The van der Waals surface area contributed by atoms with Gasteiger partial charge in [-0.3, -0.25) is 4.90 Å². The van der Waals surface area contributed by atoms with E-state index >= 15 is 0 Å². The molecule has 3 aromatic rings. The zero-order valence-electron chi connectivity index (χ0n) is 17.9. The summed E-state index contributed by atoms with van der Waals surface area (Å²) >= 11 is 0. The van der Waals surface area contributed by atoms with Crippen LogP contribution in [0.15, 0.2) is 72.8 Å². The Balaban J connectivity index is 1.48. The monoisotopic (exact) mass is 418 g/mol. The molecular formula is C26H30N2O3. The Morgan fingerprint density at radius 1 is 0.968 bits per heavy atom. The number of phenols is 1. The number of nitrogens with zero attached hydrogens (tertiary/aromatic N) is 1. The van der Waals surface area contributed by atoms with E-state index in [1.165, 1.54) is 5.56 Å². The number of ether oxygens (including phenoxy) is 2. The summed E-state index contributed by atoms with van der Waals surface area (Å²) < 4.78 is 11.7. The molecule has 0 aliphatic carbocycles. The SMILES string of the molecule is COc1ccccc1-c1cccc(CN2CC(OCc3ccccc3)C[C@H]2CN)c1O. The van der Waals surface area contributed by atoms with Crippen LogP contribution in [-0.4, -0.2) is 42.4 Å². The van der Waals surface area contributed by atoms with E-state index in [2.05, 4.69) is 17.0 Å². The molecule has 1 aliphatic rings. The molecule has 3 aromatic carbocycles. The van der Waals surface area contributed by atoms with Gasteiger partial charge in [-0.25, -0.2) is 0 Å². The van der Waals surface area contributed by atoms with Crippen molar-refractivity contribution in [1.29, 1.82) is 0 Å². The molecule has 31 heavy (non-hydrogen) atoms. The fourth-order valence-electron chi connectivity index (χ4n) is 4.31. The smallest absolute Gasteiger partial charge is 0.128 e. The molecule has 1 fully saturated rings.